The van der Waals surface area contributed by atoms with Crippen molar-refractivity contribution in [2.24, 2.45) is 0 Å². The molecule has 3 nitrogen and oxygen atoms in total. The number of nitrogens with zero attached hydrogens (tertiary/aromatic N) is 2. The van der Waals surface area contributed by atoms with Gasteiger partial charge in [-0.05, 0) is 12.5 Å². The van der Waals surface area contributed by atoms with E-state index >= 15 is 0 Å². The van der Waals surface area contributed by atoms with Crippen LogP contribution in [0.2, 0.25) is 0 Å². The van der Waals surface area contributed by atoms with E-state index in [2.05, 4.69) is 15.2 Å². The maximum atomic E-state index is 4.16. The topological polar surface area (TPSA) is 41.6 Å². The van der Waals surface area contributed by atoms with Gasteiger partial charge in [0.15, 0.2) is 0 Å². The molecular formula is C7H7N3S. The van der Waals surface area contributed by atoms with Crippen LogP contribution in [0.5, 0.6) is 0 Å². The van der Waals surface area contributed by atoms with Crippen molar-refractivity contribution in [3.8, 4) is 10.7 Å². The molecule has 0 aliphatic heterocycles. The Hall–Kier alpha value is -1.16. The first-order valence-electron chi connectivity index (χ1n) is 3.28. The van der Waals surface area contributed by atoms with Crippen LogP contribution in [0.25, 0.3) is 10.7 Å². The smallest absolute Gasteiger partial charge is 0.143 e. The molecule has 0 saturated heterocycles. The molecule has 0 aliphatic carbocycles. The van der Waals surface area contributed by atoms with Crippen LogP contribution >= 0.6 is 11.3 Å². The first-order chi connectivity index (χ1) is 5.38. The second kappa shape index (κ2) is 2.47. The Labute approximate surface area is 68.1 Å². The summed E-state index contributed by atoms with van der Waals surface area (Å²) >= 11 is 1.60. The molecule has 0 fully saturated rings. The van der Waals surface area contributed by atoms with E-state index in [0.29, 0.717) is 0 Å². The largest absolute Gasteiger partial charge is 0.285 e. The van der Waals surface area contributed by atoms with Crippen LogP contribution in [0.3, 0.4) is 0 Å². The summed E-state index contributed by atoms with van der Waals surface area (Å²) in [6, 6.07) is 0. The zero-order valence-corrected chi connectivity index (χ0v) is 6.85. The molecule has 0 radical (unpaired) electrons. The molecule has 11 heavy (non-hydrogen) atoms. The summed E-state index contributed by atoms with van der Waals surface area (Å²) in [6.07, 6.45) is 3.66. The van der Waals surface area contributed by atoms with Gasteiger partial charge < -0.3 is 0 Å². The maximum absolute atomic E-state index is 4.16. The third kappa shape index (κ3) is 1.05. The molecule has 2 aromatic rings. The second-order valence-electron chi connectivity index (χ2n) is 2.25. The molecule has 1 N–H and O–H groups in total. The van der Waals surface area contributed by atoms with E-state index in [9.17, 15) is 0 Å². The van der Waals surface area contributed by atoms with Gasteiger partial charge >= 0.3 is 0 Å². The van der Waals surface area contributed by atoms with Gasteiger partial charge in [-0.1, -0.05) is 0 Å². The quantitative estimate of drug-likeness (QED) is 0.700. The fraction of sp³-hybridized carbons (Fsp3) is 0.143. The molecule has 0 bridgehead atoms. The highest BCUT2D eigenvalue weighted by Gasteiger charge is 2.05. The monoisotopic (exact) mass is 165 g/mol. The zero-order chi connectivity index (χ0) is 7.68. The van der Waals surface area contributed by atoms with Crippen molar-refractivity contribution in [1.82, 2.24) is 15.2 Å². The Morgan fingerprint density at radius 3 is 3.00 bits per heavy atom. The Morgan fingerprint density at radius 2 is 2.45 bits per heavy atom. The molecule has 2 aromatic heterocycles. The molecule has 4 heteroatoms. The molecule has 0 saturated carbocycles. The van der Waals surface area contributed by atoms with Crippen molar-refractivity contribution >= 4 is 11.3 Å². The lowest BCUT2D eigenvalue weighted by atomic mass is 10.3. The molecule has 0 aliphatic rings. The summed E-state index contributed by atoms with van der Waals surface area (Å²) in [5.41, 5.74) is 2.10. The van der Waals surface area contributed by atoms with E-state index < -0.39 is 0 Å². The Balaban J connectivity index is 2.53. The van der Waals surface area contributed by atoms with Crippen molar-refractivity contribution < 1.29 is 0 Å². The minimum absolute atomic E-state index is 0.958. The number of aromatic nitrogens is 3. The lowest BCUT2D eigenvalue weighted by molar-refractivity contribution is 1.09. The van der Waals surface area contributed by atoms with E-state index in [1.165, 1.54) is 0 Å². The average Bonchev–Trinajstić information content (AvgIpc) is 2.55. The molecule has 0 unspecified atom stereocenters. The molecule has 0 spiro atoms. The van der Waals surface area contributed by atoms with Crippen molar-refractivity contribution in [3.05, 3.63) is 23.3 Å². The third-order valence-corrected chi connectivity index (χ3v) is 2.25. The number of aromatic amines is 1. The lowest BCUT2D eigenvalue weighted by Crippen LogP contribution is -1.77. The number of rotatable bonds is 1. The molecular weight excluding hydrogens is 158 g/mol. The number of aryl methyl sites for hydroxylation is 1. The predicted octanol–water partition coefficient (Wildman–Crippen LogP) is 1.84. The molecule has 0 amide bonds. The summed E-state index contributed by atoms with van der Waals surface area (Å²) in [5.74, 6) is 0. The van der Waals surface area contributed by atoms with Crippen LogP contribution in [0.15, 0.2) is 17.8 Å². The van der Waals surface area contributed by atoms with E-state index in [1.54, 1.807) is 17.5 Å². The van der Waals surface area contributed by atoms with Gasteiger partial charge in [0, 0.05) is 17.8 Å². The van der Waals surface area contributed by atoms with Crippen LogP contribution in [-0.2, 0) is 0 Å². The van der Waals surface area contributed by atoms with E-state index in [1.807, 2.05) is 18.5 Å². The average molecular weight is 165 g/mol. The minimum atomic E-state index is 0.958. The van der Waals surface area contributed by atoms with Crippen LogP contribution in [0.4, 0.5) is 0 Å². The summed E-state index contributed by atoms with van der Waals surface area (Å²) in [6.45, 7) is 2.01. The highest BCUT2D eigenvalue weighted by atomic mass is 32.1. The van der Waals surface area contributed by atoms with Gasteiger partial charge in [-0.2, -0.15) is 5.10 Å². The summed E-state index contributed by atoms with van der Waals surface area (Å²) < 4.78 is 0. The van der Waals surface area contributed by atoms with Crippen LogP contribution < -0.4 is 0 Å². The number of hydrogen-bond donors (Lipinski definition) is 1. The van der Waals surface area contributed by atoms with Crippen LogP contribution in [-0.4, -0.2) is 15.2 Å². The standard InChI is InChI=1S/C7H7N3S/c1-5-4-9-10-6(5)7-8-2-3-11-7/h2-4H,1H3,(H,9,10). The normalized spacial score (nSPS) is 10.3. The maximum Gasteiger partial charge on any atom is 0.143 e. The first kappa shape index (κ1) is 6.54. The zero-order valence-electron chi connectivity index (χ0n) is 6.03. The van der Waals surface area contributed by atoms with Crippen molar-refractivity contribution in [1.29, 1.82) is 0 Å². The van der Waals surface area contributed by atoms with E-state index in [0.717, 1.165) is 16.3 Å². The highest BCUT2D eigenvalue weighted by molar-refractivity contribution is 7.13. The van der Waals surface area contributed by atoms with Gasteiger partial charge in [-0.25, -0.2) is 4.98 Å². The van der Waals surface area contributed by atoms with Crippen molar-refractivity contribution in [2.75, 3.05) is 0 Å². The fourth-order valence-electron chi connectivity index (χ4n) is 0.907. The molecule has 2 rings (SSSR count). The predicted molar refractivity (Wildman–Crippen MR) is 44.4 cm³/mol. The summed E-state index contributed by atoms with van der Waals surface area (Å²) in [7, 11) is 0. The van der Waals surface area contributed by atoms with E-state index in [-0.39, 0.29) is 0 Å². The number of hydrogen-bond acceptors (Lipinski definition) is 3. The van der Waals surface area contributed by atoms with Crippen molar-refractivity contribution in [2.45, 2.75) is 6.92 Å². The lowest BCUT2D eigenvalue weighted by Gasteiger charge is -1.87. The number of thiazole rings is 1. The first-order valence-corrected chi connectivity index (χ1v) is 4.16. The minimum Gasteiger partial charge on any atom is -0.285 e. The fourth-order valence-corrected chi connectivity index (χ4v) is 1.60. The molecule has 2 heterocycles. The van der Waals surface area contributed by atoms with E-state index in [4.69, 9.17) is 0 Å². The molecule has 56 valence electrons. The SMILES string of the molecule is Cc1c[nH]nc1-c1nccs1. The van der Waals surface area contributed by atoms with Gasteiger partial charge in [0.05, 0.1) is 0 Å². The van der Waals surface area contributed by atoms with Gasteiger partial charge in [-0.15, -0.1) is 11.3 Å². The van der Waals surface area contributed by atoms with Crippen LogP contribution in [0, 0.1) is 6.92 Å². The van der Waals surface area contributed by atoms with Gasteiger partial charge in [0.2, 0.25) is 0 Å². The van der Waals surface area contributed by atoms with Crippen LogP contribution in [0.1, 0.15) is 5.56 Å². The van der Waals surface area contributed by atoms with Crippen molar-refractivity contribution in [3.63, 3.8) is 0 Å². The second-order valence-corrected chi connectivity index (χ2v) is 3.15. The number of H-pyrrole nitrogens is 1. The molecule has 0 atom stereocenters. The van der Waals surface area contributed by atoms with Gasteiger partial charge in [0.1, 0.15) is 10.7 Å². The Bertz CT molecular complexity index is 336. The highest BCUT2D eigenvalue weighted by Crippen LogP contribution is 2.21. The van der Waals surface area contributed by atoms with Gasteiger partial charge in [0.25, 0.3) is 0 Å². The summed E-state index contributed by atoms with van der Waals surface area (Å²) in [5, 5.41) is 9.81. The third-order valence-electron chi connectivity index (χ3n) is 1.47. The van der Waals surface area contributed by atoms with Gasteiger partial charge in [-0.3, -0.25) is 5.10 Å². The number of nitrogens with one attached hydrogen (secondary N) is 1. The Kier molecular flexibility index (Phi) is 1.47. The Morgan fingerprint density at radius 1 is 1.55 bits per heavy atom. The summed E-state index contributed by atoms with van der Waals surface area (Å²) in [4.78, 5) is 4.16. The molecule has 0 aromatic carbocycles.